The molecular weight excluding hydrogens is 468 g/mol. The minimum atomic E-state index is 0. The van der Waals surface area contributed by atoms with E-state index in [-0.39, 0.29) is 17.0 Å². The third kappa shape index (κ3) is 9.41. The van der Waals surface area contributed by atoms with Crippen molar-refractivity contribution in [2.75, 3.05) is 0 Å². The fourth-order valence-electron chi connectivity index (χ4n) is 4.59. The van der Waals surface area contributed by atoms with E-state index in [4.69, 9.17) is 0 Å². The van der Waals surface area contributed by atoms with Gasteiger partial charge in [-0.2, -0.15) is 0 Å². The average molecular weight is 511 g/mol. The Bertz CT molecular complexity index is 920. The van der Waals surface area contributed by atoms with E-state index in [0.717, 1.165) is 13.1 Å². The SMILES string of the molecule is Cc1cc[n+](CCCCCc2cccc(CCCCC[n+]3ccc(C)cc3C)c2)c(C)c1.[Br-]. The van der Waals surface area contributed by atoms with Crippen LogP contribution in [0.25, 0.3) is 0 Å². The second-order valence-electron chi connectivity index (χ2n) is 9.52. The first-order valence-corrected chi connectivity index (χ1v) is 12.5. The average Bonchev–Trinajstić information content (AvgIpc) is 2.76. The van der Waals surface area contributed by atoms with E-state index in [9.17, 15) is 0 Å². The van der Waals surface area contributed by atoms with Gasteiger partial charge in [-0.15, -0.1) is 0 Å². The molecule has 178 valence electrons. The maximum absolute atomic E-state index is 2.44. The molecule has 0 unspecified atom stereocenters. The minimum absolute atomic E-state index is 0. The first kappa shape index (κ1) is 27.2. The highest BCUT2D eigenvalue weighted by Crippen LogP contribution is 2.13. The van der Waals surface area contributed by atoms with Crippen LogP contribution in [0.4, 0.5) is 0 Å². The maximum Gasteiger partial charge on any atom is 0.178 e. The molecule has 0 amide bonds. The van der Waals surface area contributed by atoms with Gasteiger partial charge in [-0.25, -0.2) is 9.13 Å². The molecule has 0 aliphatic carbocycles. The zero-order valence-corrected chi connectivity index (χ0v) is 22.7. The molecule has 0 aliphatic heterocycles. The van der Waals surface area contributed by atoms with Crippen molar-refractivity contribution in [3.8, 4) is 0 Å². The summed E-state index contributed by atoms with van der Waals surface area (Å²) in [4.78, 5) is 0. The van der Waals surface area contributed by atoms with Gasteiger partial charge in [-0.3, -0.25) is 0 Å². The summed E-state index contributed by atoms with van der Waals surface area (Å²) in [7, 11) is 0. The number of aromatic nitrogens is 2. The van der Waals surface area contributed by atoms with E-state index in [1.165, 1.54) is 85.0 Å². The Morgan fingerprint density at radius 2 is 1.00 bits per heavy atom. The second kappa shape index (κ2) is 14.3. The number of unbranched alkanes of at least 4 members (excludes halogenated alkanes) is 4. The van der Waals surface area contributed by atoms with Crippen molar-refractivity contribution in [3.05, 3.63) is 94.6 Å². The van der Waals surface area contributed by atoms with Crippen LogP contribution in [0.3, 0.4) is 0 Å². The molecular formula is C30H42BrN2+. The molecule has 0 aliphatic rings. The van der Waals surface area contributed by atoms with Crippen LogP contribution in [-0.4, -0.2) is 0 Å². The number of aryl methyl sites for hydroxylation is 8. The Hall–Kier alpha value is -2.00. The molecule has 0 bridgehead atoms. The topological polar surface area (TPSA) is 7.76 Å². The van der Waals surface area contributed by atoms with Crippen molar-refractivity contribution in [1.29, 1.82) is 0 Å². The number of benzene rings is 1. The molecule has 3 heteroatoms. The van der Waals surface area contributed by atoms with Gasteiger partial charge in [0.25, 0.3) is 0 Å². The van der Waals surface area contributed by atoms with Gasteiger partial charge in [0.15, 0.2) is 23.8 Å². The molecule has 3 rings (SSSR count). The molecule has 0 saturated carbocycles. The Morgan fingerprint density at radius 1 is 0.545 bits per heavy atom. The van der Waals surface area contributed by atoms with Crippen LogP contribution >= 0.6 is 0 Å². The monoisotopic (exact) mass is 509 g/mol. The number of rotatable bonds is 12. The van der Waals surface area contributed by atoms with E-state index in [1.54, 1.807) is 0 Å². The summed E-state index contributed by atoms with van der Waals surface area (Å²) in [5.74, 6) is 0. The van der Waals surface area contributed by atoms with Crippen molar-refractivity contribution < 1.29 is 26.1 Å². The van der Waals surface area contributed by atoms with Gasteiger partial charge in [-0.1, -0.05) is 24.3 Å². The highest BCUT2D eigenvalue weighted by Gasteiger charge is 2.07. The molecule has 33 heavy (non-hydrogen) atoms. The summed E-state index contributed by atoms with van der Waals surface area (Å²) in [5.41, 5.74) is 8.44. The van der Waals surface area contributed by atoms with Gasteiger partial charge in [-0.05, 0) is 74.6 Å². The normalized spacial score (nSPS) is 10.8. The summed E-state index contributed by atoms with van der Waals surface area (Å²) in [6.07, 6.45) is 14.5. The highest BCUT2D eigenvalue weighted by molar-refractivity contribution is 5.23. The first-order chi connectivity index (χ1) is 15.5. The standard InChI is InChI=1S/C30H42N2.BrH/c1-25-16-20-31(27(3)22-25)18-9-5-7-12-29-14-11-15-30(24-29)13-8-6-10-19-32-21-17-26(2)23-28(32)4;/h11,14-17,20-24H,5-10,12-13,18-19H2,1-4H3;1H/q+2;/p-1. The van der Waals surface area contributed by atoms with E-state index < -0.39 is 0 Å². The Morgan fingerprint density at radius 3 is 1.42 bits per heavy atom. The molecule has 0 fully saturated rings. The number of nitrogens with zero attached hydrogens (tertiary/aromatic N) is 2. The molecule has 0 atom stereocenters. The molecule has 0 N–H and O–H groups in total. The first-order valence-electron chi connectivity index (χ1n) is 12.5. The Kier molecular flexibility index (Phi) is 11.8. The molecule has 2 heterocycles. The van der Waals surface area contributed by atoms with Gasteiger partial charge in [0, 0.05) is 51.0 Å². The van der Waals surface area contributed by atoms with Gasteiger partial charge >= 0.3 is 0 Å². The van der Waals surface area contributed by atoms with Crippen molar-refractivity contribution in [2.24, 2.45) is 0 Å². The molecule has 3 aromatic rings. The van der Waals surface area contributed by atoms with Crippen molar-refractivity contribution in [1.82, 2.24) is 0 Å². The van der Waals surface area contributed by atoms with E-state index >= 15 is 0 Å². The maximum atomic E-state index is 2.44. The number of halogens is 1. The molecule has 2 aromatic heterocycles. The Balaban J connectivity index is 0.00000385. The minimum Gasteiger partial charge on any atom is -1.00 e. The van der Waals surface area contributed by atoms with Crippen molar-refractivity contribution in [2.45, 2.75) is 92.2 Å². The van der Waals surface area contributed by atoms with E-state index in [0.29, 0.717) is 0 Å². The van der Waals surface area contributed by atoms with E-state index in [2.05, 4.69) is 97.8 Å². The predicted molar refractivity (Wildman–Crippen MR) is 134 cm³/mol. The molecule has 2 nitrogen and oxygen atoms in total. The van der Waals surface area contributed by atoms with Crippen molar-refractivity contribution in [3.63, 3.8) is 0 Å². The van der Waals surface area contributed by atoms with Crippen molar-refractivity contribution >= 4 is 0 Å². The van der Waals surface area contributed by atoms with Gasteiger partial charge in [0.2, 0.25) is 0 Å². The third-order valence-corrected chi connectivity index (χ3v) is 6.53. The molecule has 1 aromatic carbocycles. The second-order valence-corrected chi connectivity index (χ2v) is 9.52. The lowest BCUT2D eigenvalue weighted by Gasteiger charge is -2.06. The lowest BCUT2D eigenvalue weighted by atomic mass is 10.0. The van der Waals surface area contributed by atoms with Crippen LogP contribution in [0.5, 0.6) is 0 Å². The summed E-state index contributed by atoms with van der Waals surface area (Å²) in [6, 6.07) is 18.3. The smallest absolute Gasteiger partial charge is 0.178 e. The zero-order chi connectivity index (χ0) is 22.8. The largest absolute Gasteiger partial charge is 1.00 e. The summed E-state index contributed by atoms with van der Waals surface area (Å²) >= 11 is 0. The Labute approximate surface area is 212 Å². The zero-order valence-electron chi connectivity index (χ0n) is 21.1. The number of hydrogen-bond donors (Lipinski definition) is 0. The van der Waals surface area contributed by atoms with Crippen LogP contribution in [0.1, 0.15) is 72.2 Å². The van der Waals surface area contributed by atoms with Crippen LogP contribution in [0.2, 0.25) is 0 Å². The lowest BCUT2D eigenvalue weighted by Crippen LogP contribution is -3.00. The summed E-state index contributed by atoms with van der Waals surface area (Å²) in [5, 5.41) is 0. The lowest BCUT2D eigenvalue weighted by molar-refractivity contribution is -0.703. The van der Waals surface area contributed by atoms with E-state index in [1.807, 2.05) is 0 Å². The number of hydrogen-bond acceptors (Lipinski definition) is 0. The van der Waals surface area contributed by atoms with Crippen LogP contribution in [0.15, 0.2) is 60.9 Å². The molecule has 0 saturated heterocycles. The predicted octanol–water partition coefficient (Wildman–Crippen LogP) is 3.33. The third-order valence-electron chi connectivity index (χ3n) is 6.53. The fourth-order valence-corrected chi connectivity index (χ4v) is 4.59. The van der Waals surface area contributed by atoms with Gasteiger partial charge in [0.05, 0.1) is 0 Å². The van der Waals surface area contributed by atoms with Crippen LogP contribution in [0, 0.1) is 27.7 Å². The fraction of sp³-hybridized carbons (Fsp3) is 0.467. The quantitative estimate of drug-likeness (QED) is 0.261. The number of pyridine rings is 2. The summed E-state index contributed by atoms with van der Waals surface area (Å²) in [6.45, 7) is 11.0. The molecule has 0 spiro atoms. The summed E-state index contributed by atoms with van der Waals surface area (Å²) < 4.78 is 4.76. The van der Waals surface area contributed by atoms with Crippen LogP contribution < -0.4 is 26.1 Å². The van der Waals surface area contributed by atoms with Gasteiger partial charge in [0.1, 0.15) is 13.1 Å². The molecule has 0 radical (unpaired) electrons. The van der Waals surface area contributed by atoms with Gasteiger partial charge < -0.3 is 17.0 Å². The van der Waals surface area contributed by atoms with Crippen LogP contribution in [-0.2, 0) is 25.9 Å². The highest BCUT2D eigenvalue weighted by atomic mass is 79.9.